The highest BCUT2D eigenvalue weighted by Crippen LogP contribution is 2.32. The fourth-order valence-corrected chi connectivity index (χ4v) is 3.73. The maximum absolute atomic E-state index is 9.42. The molecule has 0 radical (unpaired) electrons. The van der Waals surface area contributed by atoms with Gasteiger partial charge in [0, 0.05) is 4.90 Å². The van der Waals surface area contributed by atoms with Crippen LogP contribution in [0.3, 0.4) is 0 Å². The van der Waals surface area contributed by atoms with Gasteiger partial charge in [-0.2, -0.15) is 5.26 Å². The number of nitriles is 1. The van der Waals surface area contributed by atoms with Gasteiger partial charge in [0.25, 0.3) is 0 Å². The lowest BCUT2D eigenvalue weighted by atomic mass is 10.2. The number of anilines is 2. The van der Waals surface area contributed by atoms with E-state index in [4.69, 9.17) is 0 Å². The van der Waals surface area contributed by atoms with Crippen LogP contribution in [0.5, 0.6) is 0 Å². The molecule has 1 heterocycles. The summed E-state index contributed by atoms with van der Waals surface area (Å²) in [5.41, 5.74) is 2.47. The molecule has 3 nitrogen and oxygen atoms in total. The van der Waals surface area contributed by atoms with Gasteiger partial charge < -0.3 is 5.32 Å². The predicted octanol–water partition coefficient (Wildman–Crippen LogP) is 5.02. The fourth-order valence-electron chi connectivity index (χ4n) is 2.07. The summed E-state index contributed by atoms with van der Waals surface area (Å²) in [4.78, 5) is 5.56. The lowest BCUT2D eigenvalue weighted by molar-refractivity contribution is 1.34. The Bertz CT molecular complexity index is 785. The van der Waals surface area contributed by atoms with Gasteiger partial charge in [0.1, 0.15) is 6.07 Å². The molecule has 0 fully saturated rings. The Morgan fingerprint density at radius 3 is 2.86 bits per heavy atom. The van der Waals surface area contributed by atoms with E-state index in [1.54, 1.807) is 23.1 Å². The van der Waals surface area contributed by atoms with E-state index in [1.165, 1.54) is 0 Å². The van der Waals surface area contributed by atoms with E-state index in [0.29, 0.717) is 5.56 Å². The lowest BCUT2D eigenvalue weighted by Gasteiger charge is -2.08. The van der Waals surface area contributed by atoms with E-state index in [2.05, 4.69) is 23.3 Å². The average molecular weight is 311 g/mol. The number of hydrogen-bond acceptors (Lipinski definition) is 5. The summed E-state index contributed by atoms with van der Waals surface area (Å²) in [6, 6.07) is 16.2. The Morgan fingerprint density at radius 1 is 1.24 bits per heavy atom. The Hall–Kier alpha value is -2.03. The predicted molar refractivity (Wildman–Crippen MR) is 90.5 cm³/mol. The number of benzene rings is 2. The molecule has 0 aliphatic carbocycles. The minimum Gasteiger partial charge on any atom is -0.330 e. The largest absolute Gasteiger partial charge is 0.330 e. The van der Waals surface area contributed by atoms with Gasteiger partial charge in [0.2, 0.25) is 0 Å². The lowest BCUT2D eigenvalue weighted by Crippen LogP contribution is -1.94. The zero-order valence-electron chi connectivity index (χ0n) is 11.5. The van der Waals surface area contributed by atoms with Crippen molar-refractivity contribution in [1.82, 2.24) is 4.98 Å². The molecule has 21 heavy (non-hydrogen) atoms. The normalized spacial score (nSPS) is 10.5. The molecular weight excluding hydrogens is 298 g/mol. The van der Waals surface area contributed by atoms with Gasteiger partial charge >= 0.3 is 0 Å². The van der Waals surface area contributed by atoms with Gasteiger partial charge in [-0.3, -0.25) is 0 Å². The van der Waals surface area contributed by atoms with E-state index >= 15 is 0 Å². The highest BCUT2D eigenvalue weighted by Gasteiger charge is 2.10. The molecule has 0 amide bonds. The number of aromatic nitrogens is 1. The summed E-state index contributed by atoms with van der Waals surface area (Å²) in [7, 11) is 0. The monoisotopic (exact) mass is 311 g/mol. The summed E-state index contributed by atoms with van der Waals surface area (Å²) < 4.78 is 1.14. The molecule has 0 aliphatic rings. The molecule has 0 saturated carbocycles. The van der Waals surface area contributed by atoms with Crippen molar-refractivity contribution in [2.75, 3.05) is 11.1 Å². The number of thiazole rings is 1. The Labute approximate surface area is 131 Å². The zero-order chi connectivity index (χ0) is 14.7. The van der Waals surface area contributed by atoms with Crippen LogP contribution >= 0.6 is 23.1 Å². The number of nitrogens with one attached hydrogen (secondary N) is 1. The topological polar surface area (TPSA) is 48.7 Å². The average Bonchev–Trinajstić information content (AvgIpc) is 2.90. The summed E-state index contributed by atoms with van der Waals surface area (Å²) in [5, 5.41) is 13.5. The van der Waals surface area contributed by atoms with Crippen molar-refractivity contribution in [2.45, 2.75) is 11.8 Å². The van der Waals surface area contributed by atoms with Gasteiger partial charge in [-0.15, -0.1) is 11.8 Å². The smallest absolute Gasteiger partial charge is 0.188 e. The van der Waals surface area contributed by atoms with Gasteiger partial charge in [-0.25, -0.2) is 4.98 Å². The van der Waals surface area contributed by atoms with Crippen molar-refractivity contribution in [2.24, 2.45) is 0 Å². The van der Waals surface area contributed by atoms with Crippen LogP contribution in [0, 0.1) is 11.3 Å². The highest BCUT2D eigenvalue weighted by molar-refractivity contribution is 7.99. The van der Waals surface area contributed by atoms with Crippen LogP contribution in [0.25, 0.3) is 10.2 Å². The number of para-hydroxylation sites is 1. The van der Waals surface area contributed by atoms with E-state index in [9.17, 15) is 5.26 Å². The van der Waals surface area contributed by atoms with E-state index < -0.39 is 0 Å². The van der Waals surface area contributed by atoms with Crippen LogP contribution in [0.2, 0.25) is 0 Å². The van der Waals surface area contributed by atoms with Gasteiger partial charge in [-0.05, 0) is 30.0 Å². The first-order valence-corrected chi connectivity index (χ1v) is 8.40. The molecule has 0 saturated heterocycles. The minimum absolute atomic E-state index is 0.684. The highest BCUT2D eigenvalue weighted by atomic mass is 32.2. The molecular formula is C16H13N3S2. The van der Waals surface area contributed by atoms with Crippen LogP contribution in [0.15, 0.2) is 47.4 Å². The van der Waals surface area contributed by atoms with Crippen LogP contribution in [-0.4, -0.2) is 10.7 Å². The summed E-state index contributed by atoms with van der Waals surface area (Å²) in [6.45, 7) is 2.08. The van der Waals surface area contributed by atoms with Gasteiger partial charge in [-0.1, -0.05) is 36.5 Å². The standard InChI is InChI=1S/C16H13N3S2/c1-2-20-14-9-5-7-12(11(14)10-17)18-16-19-13-6-3-4-8-15(13)21-16/h3-9H,2H2,1H3,(H,18,19). The first kappa shape index (κ1) is 13.9. The molecule has 1 N–H and O–H groups in total. The van der Waals surface area contributed by atoms with Gasteiger partial charge in [0.05, 0.1) is 21.5 Å². The van der Waals surface area contributed by atoms with Crippen molar-refractivity contribution in [1.29, 1.82) is 5.26 Å². The van der Waals surface area contributed by atoms with Crippen LogP contribution in [-0.2, 0) is 0 Å². The van der Waals surface area contributed by atoms with Crippen molar-refractivity contribution < 1.29 is 0 Å². The molecule has 3 aromatic rings. The third kappa shape index (κ3) is 2.87. The maximum atomic E-state index is 9.42. The second-order valence-electron chi connectivity index (χ2n) is 4.34. The summed E-state index contributed by atoms with van der Waals surface area (Å²) in [6.07, 6.45) is 0. The second kappa shape index (κ2) is 6.17. The summed E-state index contributed by atoms with van der Waals surface area (Å²) >= 11 is 3.27. The minimum atomic E-state index is 0.684. The number of thioether (sulfide) groups is 1. The van der Waals surface area contributed by atoms with Crippen LogP contribution in [0.4, 0.5) is 10.8 Å². The maximum Gasteiger partial charge on any atom is 0.188 e. The molecule has 104 valence electrons. The Balaban J connectivity index is 1.97. The molecule has 1 aromatic heterocycles. The van der Waals surface area contributed by atoms with Crippen LogP contribution < -0.4 is 5.32 Å². The third-order valence-corrected chi connectivity index (χ3v) is 4.87. The second-order valence-corrected chi connectivity index (χ2v) is 6.67. The molecule has 0 bridgehead atoms. The Morgan fingerprint density at radius 2 is 2.10 bits per heavy atom. The molecule has 0 spiro atoms. The third-order valence-electron chi connectivity index (χ3n) is 2.97. The first-order chi connectivity index (χ1) is 10.3. The number of hydrogen-bond donors (Lipinski definition) is 1. The Kier molecular flexibility index (Phi) is 4.09. The zero-order valence-corrected chi connectivity index (χ0v) is 13.1. The SMILES string of the molecule is CCSc1cccc(Nc2nc3ccccc3s2)c1C#N. The fraction of sp³-hybridized carbons (Fsp3) is 0.125. The number of nitrogens with zero attached hydrogens (tertiary/aromatic N) is 2. The molecule has 0 aliphatic heterocycles. The first-order valence-electron chi connectivity index (χ1n) is 6.60. The van der Waals surface area contributed by atoms with E-state index in [-0.39, 0.29) is 0 Å². The van der Waals surface area contributed by atoms with Gasteiger partial charge in [0.15, 0.2) is 5.13 Å². The van der Waals surface area contributed by atoms with Crippen molar-refractivity contribution in [3.63, 3.8) is 0 Å². The van der Waals surface area contributed by atoms with Crippen LogP contribution in [0.1, 0.15) is 12.5 Å². The molecule has 2 aromatic carbocycles. The van der Waals surface area contributed by atoms with E-state index in [0.717, 1.165) is 31.7 Å². The molecule has 0 atom stereocenters. The number of rotatable bonds is 4. The molecule has 5 heteroatoms. The molecule has 0 unspecified atom stereocenters. The number of fused-ring (bicyclic) bond motifs is 1. The van der Waals surface area contributed by atoms with Crippen molar-refractivity contribution in [3.8, 4) is 6.07 Å². The molecule has 3 rings (SSSR count). The quantitative estimate of drug-likeness (QED) is 0.687. The summed E-state index contributed by atoms with van der Waals surface area (Å²) in [5.74, 6) is 0.944. The van der Waals surface area contributed by atoms with E-state index in [1.807, 2.05) is 42.5 Å². The van der Waals surface area contributed by atoms with Crippen molar-refractivity contribution in [3.05, 3.63) is 48.0 Å². The van der Waals surface area contributed by atoms with Crippen molar-refractivity contribution >= 4 is 44.1 Å².